The lowest BCUT2D eigenvalue weighted by Crippen LogP contribution is -2.44. The minimum Gasteiger partial charge on any atom is -0.395 e. The molecule has 2 atom stereocenters. The average molecular weight is 272 g/mol. The van der Waals surface area contributed by atoms with Gasteiger partial charge < -0.3 is 10.4 Å². The minimum atomic E-state index is -0.231. The van der Waals surface area contributed by atoms with Crippen molar-refractivity contribution in [2.45, 2.75) is 45.6 Å². The van der Waals surface area contributed by atoms with Gasteiger partial charge in [0.1, 0.15) is 0 Å². The van der Waals surface area contributed by atoms with E-state index in [-0.39, 0.29) is 25.2 Å². The molecule has 0 saturated heterocycles. The smallest absolute Gasteiger partial charge is 0.327 e. The first kappa shape index (κ1) is 15.4. The normalized spacial score (nSPS) is 18.1. The van der Waals surface area contributed by atoms with Crippen LogP contribution in [0.2, 0.25) is 0 Å². The van der Waals surface area contributed by atoms with E-state index >= 15 is 0 Å². The van der Waals surface area contributed by atoms with E-state index in [1.807, 2.05) is 0 Å². The fourth-order valence-electron chi connectivity index (χ4n) is 2.32. The minimum absolute atomic E-state index is 0.0515. The molecule has 2 amide bonds. The molecule has 0 fully saturated rings. The van der Waals surface area contributed by atoms with Crippen LogP contribution in [0.4, 0.5) is 4.79 Å². The van der Waals surface area contributed by atoms with Crippen LogP contribution in [0.25, 0.3) is 0 Å². The summed E-state index contributed by atoms with van der Waals surface area (Å²) in [6, 6.07) is -0.176. The van der Waals surface area contributed by atoms with Crippen molar-refractivity contribution in [3.05, 3.63) is 11.6 Å². The number of allylic oxidation sites excluding steroid dienone is 1. The molecule has 0 aromatic heterocycles. The molecule has 5 heteroatoms. The molecule has 0 spiro atoms. The number of carbonyl (C=O) groups excluding carboxylic acids is 1. The average Bonchev–Trinajstić information content (AvgIpc) is 2.89. The van der Waals surface area contributed by atoms with Crippen LogP contribution in [-0.2, 0) is 0 Å². The zero-order valence-corrected chi connectivity index (χ0v) is 12.1. The molecule has 0 aliphatic heterocycles. The maximum absolute atomic E-state index is 11.9. The largest absolute Gasteiger partial charge is 0.395 e. The second-order valence-electron chi connectivity index (χ2n) is 4.80. The third kappa shape index (κ3) is 3.92. The van der Waals surface area contributed by atoms with Gasteiger partial charge in [-0.15, -0.1) is 0 Å². The number of nitrogens with zero attached hydrogens (tertiary/aromatic N) is 1. The fourth-order valence-corrected chi connectivity index (χ4v) is 2.77. The quantitative estimate of drug-likeness (QED) is 0.513. The molecule has 1 aliphatic carbocycles. The van der Waals surface area contributed by atoms with Gasteiger partial charge in [0.2, 0.25) is 0 Å². The van der Waals surface area contributed by atoms with Crippen molar-refractivity contribution in [2.24, 2.45) is 5.92 Å². The van der Waals surface area contributed by atoms with Gasteiger partial charge in [0.05, 0.1) is 12.6 Å². The Labute approximate surface area is 115 Å². The van der Waals surface area contributed by atoms with Crippen molar-refractivity contribution < 1.29 is 9.90 Å². The van der Waals surface area contributed by atoms with Gasteiger partial charge >= 0.3 is 6.03 Å². The van der Waals surface area contributed by atoms with Crippen LogP contribution < -0.4 is 5.32 Å². The summed E-state index contributed by atoms with van der Waals surface area (Å²) in [7, 11) is 0. The standard InChI is InChI=1S/C13H24N2O2S/c1-3-10(2)12(11-6-4-5-7-11)15(18)13(17)14-8-9-16/h6,10,12,16,18H,3-5,7-9H2,1-2H3,(H,14,17). The molecule has 0 heterocycles. The number of rotatable bonds is 6. The Morgan fingerprint density at radius 2 is 2.39 bits per heavy atom. The summed E-state index contributed by atoms with van der Waals surface area (Å²) in [4.78, 5) is 11.9. The molecule has 0 bridgehead atoms. The molecule has 2 unspecified atom stereocenters. The molecule has 0 aromatic rings. The maximum Gasteiger partial charge on any atom is 0.327 e. The zero-order valence-electron chi connectivity index (χ0n) is 11.2. The van der Waals surface area contributed by atoms with Gasteiger partial charge in [0, 0.05) is 6.54 Å². The van der Waals surface area contributed by atoms with E-state index in [9.17, 15) is 4.79 Å². The second kappa shape index (κ2) is 7.69. The predicted molar refractivity (Wildman–Crippen MR) is 76.5 cm³/mol. The zero-order chi connectivity index (χ0) is 13.5. The Kier molecular flexibility index (Phi) is 6.57. The molecular formula is C13H24N2O2S. The lowest BCUT2D eigenvalue weighted by Gasteiger charge is -2.32. The molecule has 18 heavy (non-hydrogen) atoms. The van der Waals surface area contributed by atoms with Crippen molar-refractivity contribution >= 4 is 18.8 Å². The summed E-state index contributed by atoms with van der Waals surface area (Å²) in [5.41, 5.74) is 1.32. The predicted octanol–water partition coefficient (Wildman–Crippen LogP) is 2.36. The van der Waals surface area contributed by atoms with Gasteiger partial charge in [0.15, 0.2) is 0 Å². The third-order valence-corrected chi connectivity index (χ3v) is 3.93. The lowest BCUT2D eigenvalue weighted by molar-refractivity contribution is 0.205. The maximum atomic E-state index is 11.9. The summed E-state index contributed by atoms with van der Waals surface area (Å²) >= 11 is 4.36. The Morgan fingerprint density at radius 3 is 2.89 bits per heavy atom. The Bertz CT molecular complexity index is 307. The Hall–Kier alpha value is -0.680. The van der Waals surface area contributed by atoms with Crippen molar-refractivity contribution in [2.75, 3.05) is 13.2 Å². The topological polar surface area (TPSA) is 52.6 Å². The molecule has 104 valence electrons. The van der Waals surface area contributed by atoms with Gasteiger partial charge in [-0.1, -0.05) is 44.7 Å². The van der Waals surface area contributed by atoms with Gasteiger partial charge in [-0.2, -0.15) is 0 Å². The first-order valence-corrected chi connectivity index (χ1v) is 7.07. The highest BCUT2D eigenvalue weighted by Crippen LogP contribution is 2.31. The van der Waals surface area contributed by atoms with E-state index in [0.717, 1.165) is 19.3 Å². The number of aliphatic hydroxyl groups excluding tert-OH is 1. The van der Waals surface area contributed by atoms with Gasteiger partial charge in [-0.25, -0.2) is 4.79 Å². The number of amides is 2. The number of hydrogen-bond acceptors (Lipinski definition) is 3. The summed E-state index contributed by atoms with van der Waals surface area (Å²) in [6.07, 6.45) is 6.56. The van der Waals surface area contributed by atoms with E-state index in [1.165, 1.54) is 16.3 Å². The monoisotopic (exact) mass is 272 g/mol. The first-order valence-electron chi connectivity index (χ1n) is 6.67. The van der Waals surface area contributed by atoms with Gasteiger partial charge in [-0.05, 0) is 25.2 Å². The van der Waals surface area contributed by atoms with E-state index in [4.69, 9.17) is 5.11 Å². The number of thiol groups is 1. The van der Waals surface area contributed by atoms with Crippen molar-refractivity contribution in [1.82, 2.24) is 9.62 Å². The second-order valence-corrected chi connectivity index (χ2v) is 5.23. The highest BCUT2D eigenvalue weighted by molar-refractivity contribution is 7.78. The van der Waals surface area contributed by atoms with E-state index < -0.39 is 0 Å². The molecule has 2 N–H and O–H groups in total. The van der Waals surface area contributed by atoms with Crippen molar-refractivity contribution in [3.8, 4) is 0 Å². The number of nitrogens with one attached hydrogen (secondary N) is 1. The number of aliphatic hydroxyl groups is 1. The summed E-state index contributed by atoms with van der Waals surface area (Å²) in [6.45, 7) is 4.49. The van der Waals surface area contributed by atoms with Crippen LogP contribution in [0.3, 0.4) is 0 Å². The summed E-state index contributed by atoms with van der Waals surface area (Å²) < 4.78 is 1.49. The molecule has 4 nitrogen and oxygen atoms in total. The summed E-state index contributed by atoms with van der Waals surface area (Å²) in [5.74, 6) is 0.381. The van der Waals surface area contributed by atoms with Crippen LogP contribution >= 0.6 is 12.8 Å². The number of urea groups is 1. The van der Waals surface area contributed by atoms with Crippen LogP contribution in [0.15, 0.2) is 11.6 Å². The van der Waals surface area contributed by atoms with Gasteiger partial charge in [0.25, 0.3) is 0 Å². The molecule has 0 aromatic carbocycles. The van der Waals surface area contributed by atoms with Crippen LogP contribution in [0, 0.1) is 5.92 Å². The highest BCUT2D eigenvalue weighted by atomic mass is 32.1. The number of hydrogen-bond donors (Lipinski definition) is 3. The lowest BCUT2D eigenvalue weighted by atomic mass is 9.92. The molecule has 1 rings (SSSR count). The Morgan fingerprint density at radius 1 is 1.67 bits per heavy atom. The molecule has 0 radical (unpaired) electrons. The van der Waals surface area contributed by atoms with E-state index in [0.29, 0.717) is 5.92 Å². The Balaban J connectivity index is 2.72. The van der Waals surface area contributed by atoms with Crippen LogP contribution in [-0.4, -0.2) is 34.6 Å². The fraction of sp³-hybridized carbons (Fsp3) is 0.769. The molecular weight excluding hydrogens is 248 g/mol. The van der Waals surface area contributed by atoms with Crippen LogP contribution in [0.5, 0.6) is 0 Å². The highest BCUT2D eigenvalue weighted by Gasteiger charge is 2.29. The van der Waals surface area contributed by atoms with E-state index in [2.05, 4.69) is 38.1 Å². The van der Waals surface area contributed by atoms with Crippen molar-refractivity contribution in [3.63, 3.8) is 0 Å². The van der Waals surface area contributed by atoms with Crippen molar-refractivity contribution in [1.29, 1.82) is 0 Å². The molecule has 0 saturated carbocycles. The SMILES string of the molecule is CCC(C)C(C1=CCCC1)N(S)C(=O)NCCO. The molecule has 1 aliphatic rings. The third-order valence-electron chi connectivity index (χ3n) is 3.50. The first-order chi connectivity index (χ1) is 8.61. The number of carbonyl (C=O) groups is 1. The van der Waals surface area contributed by atoms with Crippen LogP contribution in [0.1, 0.15) is 39.5 Å². The van der Waals surface area contributed by atoms with E-state index in [1.54, 1.807) is 0 Å². The van der Waals surface area contributed by atoms with Gasteiger partial charge in [-0.3, -0.25) is 4.31 Å². The summed E-state index contributed by atoms with van der Waals surface area (Å²) in [5, 5.41) is 11.4.